The molecular formula is C10H17N3. The maximum absolute atomic E-state index is 4.32. The third-order valence-corrected chi connectivity index (χ3v) is 2.25. The molecule has 0 aromatic carbocycles. The van der Waals surface area contributed by atoms with Gasteiger partial charge in [0.05, 0.1) is 11.9 Å². The van der Waals surface area contributed by atoms with Gasteiger partial charge >= 0.3 is 0 Å². The van der Waals surface area contributed by atoms with Crippen LogP contribution in [0, 0.1) is 0 Å². The molecule has 72 valence electrons. The fourth-order valence-electron chi connectivity index (χ4n) is 1.35. The van der Waals surface area contributed by atoms with Crippen LogP contribution in [0.5, 0.6) is 0 Å². The molecule has 0 unspecified atom stereocenters. The Morgan fingerprint density at radius 3 is 2.46 bits per heavy atom. The van der Waals surface area contributed by atoms with Crippen molar-refractivity contribution in [2.75, 3.05) is 13.1 Å². The van der Waals surface area contributed by atoms with Crippen LogP contribution in [0.2, 0.25) is 0 Å². The van der Waals surface area contributed by atoms with Crippen molar-refractivity contribution in [2.24, 2.45) is 9.98 Å². The molecule has 1 fully saturated rings. The van der Waals surface area contributed by atoms with E-state index in [2.05, 4.69) is 21.6 Å². The van der Waals surface area contributed by atoms with Gasteiger partial charge < -0.3 is 4.90 Å². The van der Waals surface area contributed by atoms with Gasteiger partial charge in [0.1, 0.15) is 5.84 Å². The predicted molar refractivity (Wildman–Crippen MR) is 57.2 cm³/mol. The molecule has 0 bridgehead atoms. The van der Waals surface area contributed by atoms with E-state index >= 15 is 0 Å². The van der Waals surface area contributed by atoms with E-state index in [1.165, 1.54) is 12.8 Å². The van der Waals surface area contributed by atoms with E-state index in [1.807, 2.05) is 13.8 Å². The third-order valence-electron chi connectivity index (χ3n) is 2.25. The number of amidine groups is 1. The van der Waals surface area contributed by atoms with Crippen LogP contribution in [-0.4, -0.2) is 30.5 Å². The predicted octanol–water partition coefficient (Wildman–Crippen LogP) is 2.06. The molecule has 0 aromatic rings. The summed E-state index contributed by atoms with van der Waals surface area (Å²) in [6, 6.07) is 0. The van der Waals surface area contributed by atoms with E-state index in [1.54, 1.807) is 6.20 Å². The molecule has 0 spiro atoms. The lowest BCUT2D eigenvalue weighted by Crippen LogP contribution is -2.24. The quantitative estimate of drug-likeness (QED) is 0.471. The van der Waals surface area contributed by atoms with Gasteiger partial charge in [0.25, 0.3) is 0 Å². The van der Waals surface area contributed by atoms with Crippen molar-refractivity contribution in [1.29, 1.82) is 0 Å². The molecule has 1 heterocycles. The smallest absolute Gasteiger partial charge is 0.101 e. The molecule has 0 N–H and O–H groups in total. The zero-order valence-corrected chi connectivity index (χ0v) is 8.45. The third kappa shape index (κ3) is 3.01. The average molecular weight is 179 g/mol. The Kier molecular flexibility index (Phi) is 3.68. The minimum absolute atomic E-state index is 0.860. The Morgan fingerprint density at radius 2 is 1.92 bits per heavy atom. The van der Waals surface area contributed by atoms with Crippen LogP contribution in [0.4, 0.5) is 0 Å². The van der Waals surface area contributed by atoms with Gasteiger partial charge in [-0.1, -0.05) is 0 Å². The minimum Gasteiger partial charge on any atom is -0.360 e. The molecule has 1 aliphatic heterocycles. The summed E-state index contributed by atoms with van der Waals surface area (Å²) in [6.45, 7) is 9.66. The first-order valence-corrected chi connectivity index (χ1v) is 4.67. The summed E-state index contributed by atoms with van der Waals surface area (Å²) >= 11 is 0. The summed E-state index contributed by atoms with van der Waals surface area (Å²) in [5.41, 5.74) is 0.860. The van der Waals surface area contributed by atoms with Crippen molar-refractivity contribution in [3.63, 3.8) is 0 Å². The fraction of sp³-hybridized carbons (Fsp3) is 0.600. The van der Waals surface area contributed by atoms with Gasteiger partial charge in [-0.05, 0) is 33.4 Å². The molecule has 0 atom stereocenters. The number of hydrogen-bond acceptors (Lipinski definition) is 2. The van der Waals surface area contributed by atoms with Crippen molar-refractivity contribution >= 4 is 12.6 Å². The largest absolute Gasteiger partial charge is 0.360 e. The first-order valence-electron chi connectivity index (χ1n) is 4.67. The van der Waals surface area contributed by atoms with Gasteiger partial charge in [-0.25, -0.2) is 4.99 Å². The monoisotopic (exact) mass is 179 g/mol. The summed E-state index contributed by atoms with van der Waals surface area (Å²) < 4.78 is 0. The summed E-state index contributed by atoms with van der Waals surface area (Å²) in [7, 11) is 0. The molecule has 3 heteroatoms. The molecule has 0 amide bonds. The zero-order chi connectivity index (χ0) is 9.68. The van der Waals surface area contributed by atoms with Gasteiger partial charge in [-0.15, -0.1) is 0 Å². The second-order valence-electron chi connectivity index (χ2n) is 3.30. The van der Waals surface area contributed by atoms with E-state index in [-0.39, 0.29) is 0 Å². The Bertz CT molecular complexity index is 235. The highest BCUT2D eigenvalue weighted by atomic mass is 15.2. The summed E-state index contributed by atoms with van der Waals surface area (Å²) in [5.74, 6) is 1.08. The molecule has 1 rings (SSSR count). The highest BCUT2D eigenvalue weighted by Gasteiger charge is 2.11. The lowest BCUT2D eigenvalue weighted by Gasteiger charge is -2.15. The second kappa shape index (κ2) is 4.80. The van der Waals surface area contributed by atoms with Crippen LogP contribution in [0.3, 0.4) is 0 Å². The molecule has 0 radical (unpaired) electrons. The number of nitrogens with zero attached hydrogens (tertiary/aromatic N) is 3. The van der Waals surface area contributed by atoms with Crippen molar-refractivity contribution < 1.29 is 0 Å². The first kappa shape index (κ1) is 9.96. The van der Waals surface area contributed by atoms with Crippen LogP contribution in [-0.2, 0) is 0 Å². The SMILES string of the molecule is C=N/C(C)=C\N=C(C)N1CCCC1. The normalized spacial score (nSPS) is 19.4. The standard InChI is InChI=1S/C10H17N3/c1-9(11-3)8-12-10(2)13-6-4-5-7-13/h8H,3-7H2,1-2H3/b9-8-,12-10?. The summed E-state index contributed by atoms with van der Waals surface area (Å²) in [4.78, 5) is 10.4. The fourth-order valence-corrected chi connectivity index (χ4v) is 1.35. The maximum Gasteiger partial charge on any atom is 0.101 e. The van der Waals surface area contributed by atoms with Crippen LogP contribution >= 0.6 is 0 Å². The van der Waals surface area contributed by atoms with Crippen molar-refractivity contribution in [2.45, 2.75) is 26.7 Å². The number of rotatable bonds is 2. The van der Waals surface area contributed by atoms with Crippen LogP contribution < -0.4 is 0 Å². The van der Waals surface area contributed by atoms with Gasteiger partial charge in [-0.3, -0.25) is 4.99 Å². The summed E-state index contributed by atoms with van der Waals surface area (Å²) in [5, 5.41) is 0. The highest BCUT2D eigenvalue weighted by molar-refractivity contribution is 5.80. The van der Waals surface area contributed by atoms with Crippen molar-refractivity contribution in [1.82, 2.24) is 4.90 Å². The van der Waals surface area contributed by atoms with Crippen molar-refractivity contribution in [3.8, 4) is 0 Å². The van der Waals surface area contributed by atoms with Crippen molar-refractivity contribution in [3.05, 3.63) is 11.9 Å². The molecule has 0 aromatic heterocycles. The van der Waals surface area contributed by atoms with Crippen LogP contribution in [0.1, 0.15) is 26.7 Å². The van der Waals surface area contributed by atoms with Gasteiger partial charge in [0, 0.05) is 13.1 Å². The van der Waals surface area contributed by atoms with E-state index < -0.39 is 0 Å². The number of likely N-dealkylation sites (tertiary alicyclic amines) is 1. The lowest BCUT2D eigenvalue weighted by atomic mass is 10.4. The van der Waals surface area contributed by atoms with E-state index in [0.717, 1.165) is 24.6 Å². The van der Waals surface area contributed by atoms with E-state index in [0.29, 0.717) is 0 Å². The van der Waals surface area contributed by atoms with E-state index in [9.17, 15) is 0 Å². The minimum atomic E-state index is 0.860. The average Bonchev–Trinajstić information content (AvgIpc) is 2.66. The lowest BCUT2D eigenvalue weighted by molar-refractivity contribution is 0.516. The van der Waals surface area contributed by atoms with Gasteiger partial charge in [0.15, 0.2) is 0 Å². The molecule has 1 saturated heterocycles. The van der Waals surface area contributed by atoms with Crippen LogP contribution in [0.25, 0.3) is 0 Å². The van der Waals surface area contributed by atoms with Crippen LogP contribution in [0.15, 0.2) is 21.9 Å². The molecule has 0 aliphatic carbocycles. The molecule has 0 saturated carbocycles. The number of hydrogen-bond donors (Lipinski definition) is 0. The zero-order valence-electron chi connectivity index (χ0n) is 8.45. The number of aliphatic imine (C=N–C) groups is 2. The Labute approximate surface area is 79.9 Å². The molecule has 13 heavy (non-hydrogen) atoms. The number of allylic oxidation sites excluding steroid dienone is 1. The Balaban J connectivity index is 2.54. The van der Waals surface area contributed by atoms with Gasteiger partial charge in [0.2, 0.25) is 0 Å². The maximum atomic E-state index is 4.32. The van der Waals surface area contributed by atoms with Gasteiger partial charge in [-0.2, -0.15) is 0 Å². The molecular weight excluding hydrogens is 162 g/mol. The Morgan fingerprint density at radius 1 is 1.31 bits per heavy atom. The molecule has 1 aliphatic rings. The Hall–Kier alpha value is -1.12. The molecule has 3 nitrogen and oxygen atoms in total. The second-order valence-corrected chi connectivity index (χ2v) is 3.30. The summed E-state index contributed by atoms with van der Waals surface area (Å²) in [6.07, 6.45) is 4.34. The highest BCUT2D eigenvalue weighted by Crippen LogP contribution is 2.08. The van der Waals surface area contributed by atoms with E-state index in [4.69, 9.17) is 0 Å². The topological polar surface area (TPSA) is 28.0 Å². The first-order chi connectivity index (χ1) is 6.24.